The van der Waals surface area contributed by atoms with Gasteiger partial charge in [-0.1, -0.05) is 18.5 Å². The minimum absolute atomic E-state index is 0.0257. The molecule has 0 bridgehead atoms. The fourth-order valence-electron chi connectivity index (χ4n) is 1.57. The van der Waals surface area contributed by atoms with Crippen molar-refractivity contribution in [2.24, 2.45) is 0 Å². The molecule has 0 spiro atoms. The number of aryl methyl sites for hydroxylation is 1. The lowest BCUT2D eigenvalue weighted by molar-refractivity contribution is 0.221. The van der Waals surface area contributed by atoms with Gasteiger partial charge in [0.25, 0.3) is 5.95 Å². The number of hydrogen-bond acceptors (Lipinski definition) is 6. The first-order valence-corrected chi connectivity index (χ1v) is 7.26. The van der Waals surface area contributed by atoms with Crippen molar-refractivity contribution in [3.05, 3.63) is 16.9 Å². The SMILES string of the molecule is CCCNc1nc(OC(C)C)nc(-n2cc(Cl)c(C)n2)n1. The molecule has 0 radical (unpaired) electrons. The summed E-state index contributed by atoms with van der Waals surface area (Å²) in [6.07, 6.45) is 2.60. The summed E-state index contributed by atoms with van der Waals surface area (Å²) in [5, 5.41) is 7.95. The highest BCUT2D eigenvalue weighted by atomic mass is 35.5. The van der Waals surface area contributed by atoms with E-state index in [2.05, 4.69) is 32.3 Å². The molecule has 1 N–H and O–H groups in total. The van der Waals surface area contributed by atoms with Crippen LogP contribution in [0.4, 0.5) is 5.95 Å². The van der Waals surface area contributed by atoms with Gasteiger partial charge in [-0.2, -0.15) is 20.1 Å². The minimum Gasteiger partial charge on any atom is -0.461 e. The number of nitrogens with zero attached hydrogens (tertiary/aromatic N) is 5. The fourth-order valence-corrected chi connectivity index (χ4v) is 1.70. The van der Waals surface area contributed by atoms with Crippen LogP contribution in [0.1, 0.15) is 32.9 Å². The van der Waals surface area contributed by atoms with Crippen LogP contribution >= 0.6 is 11.6 Å². The Morgan fingerprint density at radius 1 is 1.33 bits per heavy atom. The molecule has 2 aromatic heterocycles. The summed E-state index contributed by atoms with van der Waals surface area (Å²) in [7, 11) is 0. The number of anilines is 1. The summed E-state index contributed by atoms with van der Waals surface area (Å²) in [6.45, 7) is 8.48. The highest BCUT2D eigenvalue weighted by molar-refractivity contribution is 6.31. The second-order valence-electron chi connectivity index (χ2n) is 4.84. The zero-order valence-electron chi connectivity index (χ0n) is 12.6. The van der Waals surface area contributed by atoms with E-state index in [0.29, 0.717) is 22.6 Å². The average molecular weight is 311 g/mol. The van der Waals surface area contributed by atoms with Gasteiger partial charge in [0, 0.05) is 6.54 Å². The van der Waals surface area contributed by atoms with Gasteiger partial charge in [-0.05, 0) is 27.2 Å². The van der Waals surface area contributed by atoms with E-state index in [9.17, 15) is 0 Å². The molecule has 0 fully saturated rings. The summed E-state index contributed by atoms with van der Waals surface area (Å²) in [6, 6.07) is 0.262. The van der Waals surface area contributed by atoms with Crippen molar-refractivity contribution in [3.63, 3.8) is 0 Å². The molecule has 2 heterocycles. The Bertz CT molecular complexity index is 593. The van der Waals surface area contributed by atoms with Crippen molar-refractivity contribution in [2.75, 3.05) is 11.9 Å². The van der Waals surface area contributed by atoms with E-state index in [1.807, 2.05) is 20.8 Å². The number of hydrogen-bond donors (Lipinski definition) is 1. The predicted octanol–water partition coefficient (Wildman–Crippen LogP) is 2.63. The van der Waals surface area contributed by atoms with Crippen LogP contribution < -0.4 is 10.1 Å². The normalized spacial score (nSPS) is 11.0. The smallest absolute Gasteiger partial charge is 0.323 e. The Labute approximate surface area is 128 Å². The van der Waals surface area contributed by atoms with Crippen LogP contribution in [0.2, 0.25) is 5.02 Å². The number of nitrogens with one attached hydrogen (secondary N) is 1. The molecule has 0 aliphatic carbocycles. The molecule has 0 aliphatic heterocycles. The van der Waals surface area contributed by atoms with Crippen LogP contribution in [0.25, 0.3) is 5.95 Å². The predicted molar refractivity (Wildman–Crippen MR) is 81.2 cm³/mol. The molecule has 8 heteroatoms. The number of ether oxygens (including phenoxy) is 1. The number of halogens is 1. The van der Waals surface area contributed by atoms with Crippen LogP contribution in [0.15, 0.2) is 6.20 Å². The van der Waals surface area contributed by atoms with Gasteiger partial charge in [0.1, 0.15) is 0 Å². The van der Waals surface area contributed by atoms with Crippen molar-refractivity contribution in [1.29, 1.82) is 0 Å². The monoisotopic (exact) mass is 310 g/mol. The van der Waals surface area contributed by atoms with E-state index >= 15 is 0 Å². The molecule has 114 valence electrons. The maximum absolute atomic E-state index is 6.03. The zero-order chi connectivity index (χ0) is 15.4. The molecule has 2 aromatic rings. The summed E-state index contributed by atoms with van der Waals surface area (Å²) in [5.41, 5.74) is 0.714. The third-order valence-electron chi connectivity index (χ3n) is 2.52. The van der Waals surface area contributed by atoms with E-state index in [0.717, 1.165) is 13.0 Å². The Kier molecular flexibility index (Phi) is 4.95. The second kappa shape index (κ2) is 6.71. The molecular formula is C13H19ClN6O. The Morgan fingerprint density at radius 2 is 2.10 bits per heavy atom. The first-order valence-electron chi connectivity index (χ1n) is 6.88. The molecule has 0 saturated carbocycles. The van der Waals surface area contributed by atoms with Gasteiger partial charge in [-0.3, -0.25) is 0 Å². The number of aromatic nitrogens is 5. The summed E-state index contributed by atoms with van der Waals surface area (Å²) in [4.78, 5) is 12.8. The van der Waals surface area contributed by atoms with Gasteiger partial charge in [0.2, 0.25) is 5.95 Å². The maximum atomic E-state index is 6.03. The molecule has 0 aliphatic rings. The quantitative estimate of drug-likeness (QED) is 0.883. The standard InChI is InChI=1S/C13H19ClN6O/c1-5-6-15-11-16-12(18-13(17-11)21-8(2)3)20-7-10(14)9(4)19-20/h7-8H,5-6H2,1-4H3,(H,15,16,17,18). The third kappa shape index (κ3) is 4.04. The van der Waals surface area contributed by atoms with Crippen molar-refractivity contribution < 1.29 is 4.74 Å². The first kappa shape index (κ1) is 15.5. The lowest BCUT2D eigenvalue weighted by Gasteiger charge is -2.11. The molecule has 0 saturated heterocycles. The van der Waals surface area contributed by atoms with Crippen molar-refractivity contribution >= 4 is 17.5 Å². The van der Waals surface area contributed by atoms with E-state index in [-0.39, 0.29) is 12.1 Å². The number of rotatable bonds is 6. The van der Waals surface area contributed by atoms with Gasteiger partial charge in [-0.25, -0.2) is 4.68 Å². The molecule has 0 aromatic carbocycles. The van der Waals surface area contributed by atoms with Gasteiger partial charge in [-0.15, -0.1) is 0 Å². The van der Waals surface area contributed by atoms with E-state index < -0.39 is 0 Å². The molecule has 2 rings (SSSR count). The Hall–Kier alpha value is -1.89. The van der Waals surface area contributed by atoms with Crippen molar-refractivity contribution in [2.45, 2.75) is 40.2 Å². The summed E-state index contributed by atoms with van der Waals surface area (Å²) >= 11 is 6.03. The second-order valence-corrected chi connectivity index (χ2v) is 5.25. The fraction of sp³-hybridized carbons (Fsp3) is 0.538. The van der Waals surface area contributed by atoms with Crippen LogP contribution in [-0.4, -0.2) is 37.4 Å². The van der Waals surface area contributed by atoms with Gasteiger partial charge >= 0.3 is 6.01 Å². The van der Waals surface area contributed by atoms with Crippen molar-refractivity contribution in [1.82, 2.24) is 24.7 Å². The minimum atomic E-state index is -0.0257. The highest BCUT2D eigenvalue weighted by Crippen LogP contribution is 2.17. The van der Waals surface area contributed by atoms with Crippen LogP contribution in [-0.2, 0) is 0 Å². The lowest BCUT2D eigenvalue weighted by Crippen LogP contribution is -2.14. The molecule has 7 nitrogen and oxygen atoms in total. The van der Waals surface area contributed by atoms with E-state index in [1.165, 1.54) is 4.68 Å². The Balaban J connectivity index is 2.38. The molecule has 0 amide bonds. The van der Waals surface area contributed by atoms with E-state index in [1.54, 1.807) is 6.20 Å². The van der Waals surface area contributed by atoms with Gasteiger partial charge in [0.15, 0.2) is 0 Å². The summed E-state index contributed by atoms with van der Waals surface area (Å²) in [5.74, 6) is 0.830. The van der Waals surface area contributed by atoms with Crippen LogP contribution in [0.5, 0.6) is 6.01 Å². The third-order valence-corrected chi connectivity index (χ3v) is 2.89. The lowest BCUT2D eigenvalue weighted by atomic mass is 10.5. The first-order chi connectivity index (χ1) is 9.99. The molecule has 21 heavy (non-hydrogen) atoms. The zero-order valence-corrected chi connectivity index (χ0v) is 13.3. The van der Waals surface area contributed by atoms with E-state index in [4.69, 9.17) is 16.3 Å². The molecular weight excluding hydrogens is 292 g/mol. The largest absolute Gasteiger partial charge is 0.461 e. The summed E-state index contributed by atoms with van der Waals surface area (Å²) < 4.78 is 7.08. The Morgan fingerprint density at radius 3 is 2.67 bits per heavy atom. The maximum Gasteiger partial charge on any atom is 0.323 e. The van der Waals surface area contributed by atoms with Gasteiger partial charge < -0.3 is 10.1 Å². The topological polar surface area (TPSA) is 77.8 Å². The molecule has 0 unspecified atom stereocenters. The average Bonchev–Trinajstić information content (AvgIpc) is 2.75. The molecule has 0 atom stereocenters. The van der Waals surface area contributed by atoms with Crippen molar-refractivity contribution in [3.8, 4) is 12.0 Å². The highest BCUT2D eigenvalue weighted by Gasteiger charge is 2.12. The van der Waals surface area contributed by atoms with Gasteiger partial charge in [0.05, 0.1) is 23.0 Å². The van der Waals surface area contributed by atoms with Crippen LogP contribution in [0, 0.1) is 6.92 Å². The van der Waals surface area contributed by atoms with Crippen LogP contribution in [0.3, 0.4) is 0 Å².